The predicted molar refractivity (Wildman–Crippen MR) is 37.5 cm³/mol. The van der Waals surface area contributed by atoms with Gasteiger partial charge in [-0.3, -0.25) is 4.79 Å². The summed E-state index contributed by atoms with van der Waals surface area (Å²) < 4.78 is 4.48. The van der Waals surface area contributed by atoms with Crippen LogP contribution in [0.4, 0.5) is 0 Å². The van der Waals surface area contributed by atoms with Gasteiger partial charge in [-0.2, -0.15) is 0 Å². The van der Waals surface area contributed by atoms with E-state index in [0.717, 1.165) is 0 Å². The zero-order valence-corrected chi connectivity index (χ0v) is 6.63. The van der Waals surface area contributed by atoms with Crippen molar-refractivity contribution < 1.29 is 14.6 Å². The van der Waals surface area contributed by atoms with Crippen LogP contribution in [-0.2, 0) is 9.53 Å². The van der Waals surface area contributed by atoms with Gasteiger partial charge in [0.15, 0.2) is 0 Å². The number of hydrogen-bond acceptors (Lipinski definition) is 3. The van der Waals surface area contributed by atoms with E-state index >= 15 is 0 Å². The Kier molecular flexibility index (Phi) is 3.36. The normalized spacial score (nSPS) is 14.4. The molecule has 0 spiro atoms. The Hall–Kier alpha value is -0.570. The van der Waals surface area contributed by atoms with Gasteiger partial charge in [0.25, 0.3) is 6.47 Å². The number of carbonyl (C=O) groups is 1. The minimum atomic E-state index is -0.775. The molecule has 0 aliphatic rings. The zero-order chi connectivity index (χ0) is 8.20. The summed E-state index contributed by atoms with van der Waals surface area (Å²) in [6.07, 6.45) is 0. The second kappa shape index (κ2) is 3.56. The number of ether oxygens (including phenoxy) is 1. The molecule has 0 aromatic carbocycles. The number of hydrogen-bond donors (Lipinski definition) is 1. The van der Waals surface area contributed by atoms with Crippen molar-refractivity contribution in [3.63, 3.8) is 0 Å². The van der Waals surface area contributed by atoms with E-state index in [1.807, 2.05) is 6.92 Å². The summed E-state index contributed by atoms with van der Waals surface area (Å²) in [6.45, 7) is 5.86. The fourth-order valence-corrected chi connectivity index (χ4v) is 0.388. The maximum Gasteiger partial charge on any atom is 0.293 e. The first kappa shape index (κ1) is 9.43. The Morgan fingerprint density at radius 3 is 2.50 bits per heavy atom. The lowest BCUT2D eigenvalue weighted by atomic mass is 9.94. The quantitative estimate of drug-likeness (QED) is 0.590. The van der Waals surface area contributed by atoms with Crippen LogP contribution >= 0.6 is 0 Å². The Morgan fingerprint density at radius 1 is 1.70 bits per heavy atom. The van der Waals surface area contributed by atoms with Gasteiger partial charge in [0.1, 0.15) is 0 Å². The largest absolute Gasteiger partial charge is 0.468 e. The van der Waals surface area contributed by atoms with E-state index in [2.05, 4.69) is 4.74 Å². The summed E-state index contributed by atoms with van der Waals surface area (Å²) in [4.78, 5) is 9.73. The predicted octanol–water partition coefficient (Wildman–Crippen LogP) is 0.566. The van der Waals surface area contributed by atoms with Gasteiger partial charge in [-0.25, -0.2) is 0 Å². The minimum absolute atomic E-state index is 0.0299. The van der Waals surface area contributed by atoms with Gasteiger partial charge in [-0.1, -0.05) is 6.92 Å². The number of aliphatic hydroxyl groups is 1. The molecular formula is C7H14O3. The van der Waals surface area contributed by atoms with E-state index in [1.165, 1.54) is 0 Å². The van der Waals surface area contributed by atoms with Gasteiger partial charge in [0.05, 0.1) is 12.2 Å². The van der Waals surface area contributed by atoms with Gasteiger partial charge in [0.2, 0.25) is 0 Å². The summed E-state index contributed by atoms with van der Waals surface area (Å²) >= 11 is 0. The molecule has 60 valence electrons. The lowest BCUT2D eigenvalue weighted by Gasteiger charge is -2.24. The first-order valence-corrected chi connectivity index (χ1v) is 3.26. The van der Waals surface area contributed by atoms with Crippen LogP contribution in [0.1, 0.15) is 20.8 Å². The highest BCUT2D eigenvalue weighted by Gasteiger charge is 2.22. The molecule has 0 saturated carbocycles. The molecule has 0 aliphatic heterocycles. The SMILES string of the molecule is CC(COC=O)C(C)(C)O. The van der Waals surface area contributed by atoms with Gasteiger partial charge in [0, 0.05) is 5.92 Å². The molecule has 1 N–H and O–H groups in total. The van der Waals surface area contributed by atoms with Crippen molar-refractivity contribution in [2.24, 2.45) is 5.92 Å². The molecule has 3 heteroatoms. The molecule has 10 heavy (non-hydrogen) atoms. The van der Waals surface area contributed by atoms with E-state index in [4.69, 9.17) is 0 Å². The summed E-state index contributed by atoms with van der Waals surface area (Å²) in [5.41, 5.74) is -0.775. The van der Waals surface area contributed by atoms with E-state index < -0.39 is 5.60 Å². The van der Waals surface area contributed by atoms with Crippen molar-refractivity contribution >= 4 is 6.47 Å². The molecule has 0 aromatic heterocycles. The molecule has 0 heterocycles. The Balaban J connectivity index is 3.61. The van der Waals surface area contributed by atoms with Crippen LogP contribution in [-0.4, -0.2) is 23.8 Å². The van der Waals surface area contributed by atoms with Crippen LogP contribution < -0.4 is 0 Å². The standard InChI is InChI=1S/C7H14O3/c1-6(4-10-5-8)7(2,3)9/h5-6,9H,4H2,1-3H3. The van der Waals surface area contributed by atoms with Crippen LogP contribution in [0, 0.1) is 5.92 Å². The Bertz CT molecular complexity index is 104. The smallest absolute Gasteiger partial charge is 0.293 e. The molecule has 0 rings (SSSR count). The maximum atomic E-state index is 9.73. The molecule has 0 amide bonds. The molecule has 0 bridgehead atoms. The second-order valence-electron chi connectivity index (χ2n) is 2.98. The van der Waals surface area contributed by atoms with Gasteiger partial charge < -0.3 is 9.84 Å². The lowest BCUT2D eigenvalue weighted by Crippen LogP contribution is -2.31. The minimum Gasteiger partial charge on any atom is -0.468 e. The first-order valence-electron chi connectivity index (χ1n) is 3.26. The third kappa shape index (κ3) is 3.45. The molecule has 0 aromatic rings. The molecule has 3 nitrogen and oxygen atoms in total. The number of rotatable bonds is 4. The van der Waals surface area contributed by atoms with Crippen LogP contribution in [0.5, 0.6) is 0 Å². The molecule has 0 radical (unpaired) electrons. The maximum absolute atomic E-state index is 9.73. The monoisotopic (exact) mass is 146 g/mol. The van der Waals surface area contributed by atoms with Crippen LogP contribution in [0.2, 0.25) is 0 Å². The van der Waals surface area contributed by atoms with E-state index in [9.17, 15) is 9.90 Å². The van der Waals surface area contributed by atoms with E-state index in [1.54, 1.807) is 13.8 Å². The number of carbonyl (C=O) groups excluding carboxylic acids is 1. The van der Waals surface area contributed by atoms with Gasteiger partial charge in [-0.15, -0.1) is 0 Å². The summed E-state index contributed by atoms with van der Waals surface area (Å²) in [5, 5.41) is 9.32. The highest BCUT2D eigenvalue weighted by Crippen LogP contribution is 2.14. The fourth-order valence-electron chi connectivity index (χ4n) is 0.388. The van der Waals surface area contributed by atoms with Crippen molar-refractivity contribution in [3.8, 4) is 0 Å². The average Bonchev–Trinajstić information content (AvgIpc) is 1.80. The van der Waals surface area contributed by atoms with Gasteiger partial charge in [-0.05, 0) is 13.8 Å². The van der Waals surface area contributed by atoms with Crippen molar-refractivity contribution in [1.29, 1.82) is 0 Å². The highest BCUT2D eigenvalue weighted by atomic mass is 16.5. The lowest BCUT2D eigenvalue weighted by molar-refractivity contribution is -0.132. The van der Waals surface area contributed by atoms with Gasteiger partial charge >= 0.3 is 0 Å². The van der Waals surface area contributed by atoms with Crippen molar-refractivity contribution in [3.05, 3.63) is 0 Å². The van der Waals surface area contributed by atoms with Crippen LogP contribution in [0.3, 0.4) is 0 Å². The second-order valence-corrected chi connectivity index (χ2v) is 2.98. The fraction of sp³-hybridized carbons (Fsp3) is 0.857. The van der Waals surface area contributed by atoms with Crippen LogP contribution in [0.25, 0.3) is 0 Å². The molecule has 1 unspecified atom stereocenters. The molecule has 0 fully saturated rings. The average molecular weight is 146 g/mol. The summed E-state index contributed by atoms with van der Waals surface area (Å²) in [5.74, 6) is -0.0299. The molecule has 0 aliphatic carbocycles. The van der Waals surface area contributed by atoms with Crippen molar-refractivity contribution in [2.75, 3.05) is 6.61 Å². The van der Waals surface area contributed by atoms with Crippen molar-refractivity contribution in [2.45, 2.75) is 26.4 Å². The Morgan fingerprint density at radius 2 is 2.20 bits per heavy atom. The van der Waals surface area contributed by atoms with E-state index in [-0.39, 0.29) is 12.5 Å². The molecular weight excluding hydrogens is 132 g/mol. The zero-order valence-electron chi connectivity index (χ0n) is 6.63. The third-order valence-electron chi connectivity index (χ3n) is 1.62. The van der Waals surface area contributed by atoms with Crippen LogP contribution in [0.15, 0.2) is 0 Å². The molecule has 0 saturated heterocycles. The third-order valence-corrected chi connectivity index (χ3v) is 1.62. The summed E-state index contributed by atoms with van der Waals surface area (Å²) in [6, 6.07) is 0. The van der Waals surface area contributed by atoms with E-state index in [0.29, 0.717) is 6.47 Å². The topological polar surface area (TPSA) is 46.5 Å². The highest BCUT2D eigenvalue weighted by molar-refractivity contribution is 5.36. The Labute approximate surface area is 61.0 Å². The first-order chi connectivity index (χ1) is 4.48. The van der Waals surface area contributed by atoms with Crippen molar-refractivity contribution in [1.82, 2.24) is 0 Å². The molecule has 1 atom stereocenters. The summed E-state index contributed by atoms with van der Waals surface area (Å²) in [7, 11) is 0.